The Labute approximate surface area is 215 Å². The van der Waals surface area contributed by atoms with E-state index in [9.17, 15) is 24.8 Å². The third-order valence-corrected chi connectivity index (χ3v) is 6.70. The maximum absolute atomic E-state index is 14.2. The molecule has 1 saturated carbocycles. The fourth-order valence-corrected chi connectivity index (χ4v) is 4.95. The molecule has 0 saturated heterocycles. The molecule has 0 radical (unpaired) electrons. The van der Waals surface area contributed by atoms with Crippen molar-refractivity contribution in [3.63, 3.8) is 0 Å². The number of nitrogens with zero attached hydrogens (tertiary/aromatic N) is 3. The normalized spacial score (nSPS) is 15.6. The van der Waals surface area contributed by atoms with E-state index in [1.54, 1.807) is 17.6 Å². The van der Waals surface area contributed by atoms with Crippen LogP contribution in [0.15, 0.2) is 59.6 Å². The molecule has 6 N–H and O–H groups in total. The Hall–Kier alpha value is -4.15. The quantitative estimate of drug-likeness (QED) is 0.111. The second-order valence-electron chi connectivity index (χ2n) is 9.26. The number of rotatable bonds is 12. The number of benzene rings is 2. The second kappa shape index (κ2) is 13.2. The monoisotopic (exact) mass is 510 g/mol. The Morgan fingerprint density at radius 3 is 2.35 bits per heavy atom. The van der Waals surface area contributed by atoms with Crippen molar-refractivity contribution >= 4 is 17.8 Å². The summed E-state index contributed by atoms with van der Waals surface area (Å²) in [7, 11) is 0. The zero-order chi connectivity index (χ0) is 26.8. The van der Waals surface area contributed by atoms with Gasteiger partial charge in [0, 0.05) is 13.1 Å². The summed E-state index contributed by atoms with van der Waals surface area (Å²) in [6.07, 6.45) is 4.49. The summed E-state index contributed by atoms with van der Waals surface area (Å²) in [5.41, 5.74) is 14.7. The lowest BCUT2D eigenvalue weighted by atomic mass is 9.83. The summed E-state index contributed by atoms with van der Waals surface area (Å²) >= 11 is 0. The van der Waals surface area contributed by atoms with Gasteiger partial charge in [0.25, 0.3) is 5.96 Å². The third-order valence-electron chi connectivity index (χ3n) is 6.70. The van der Waals surface area contributed by atoms with Crippen LogP contribution < -0.4 is 16.9 Å². The number of carbonyl (C=O) groups is 2. The van der Waals surface area contributed by atoms with Crippen LogP contribution in [0.5, 0.6) is 5.75 Å². The topological polar surface area (TPSA) is 177 Å². The zero-order valence-electron chi connectivity index (χ0n) is 20.7. The van der Waals surface area contributed by atoms with Crippen LogP contribution in [0.1, 0.15) is 55.6 Å². The molecule has 0 aromatic heterocycles. The average Bonchev–Trinajstić information content (AvgIpc) is 3.38. The highest BCUT2D eigenvalue weighted by Crippen LogP contribution is 2.39. The van der Waals surface area contributed by atoms with E-state index in [1.165, 1.54) is 17.0 Å². The van der Waals surface area contributed by atoms with Crippen LogP contribution in [0.25, 0.3) is 0 Å². The van der Waals surface area contributed by atoms with Crippen molar-refractivity contribution in [2.24, 2.45) is 22.4 Å². The summed E-state index contributed by atoms with van der Waals surface area (Å²) in [6, 6.07) is 15.1. The van der Waals surface area contributed by atoms with Crippen LogP contribution in [-0.4, -0.2) is 45.4 Å². The van der Waals surface area contributed by atoms with Gasteiger partial charge in [-0.05, 0) is 54.9 Å². The Morgan fingerprint density at radius 2 is 1.76 bits per heavy atom. The minimum atomic E-state index is -0.922. The number of carbonyl (C=O) groups excluding carboxylic acids is 2. The number of hydrogen-bond donors (Lipinski definition) is 4. The number of hydrazine groups is 1. The van der Waals surface area contributed by atoms with Gasteiger partial charge in [-0.2, -0.15) is 0 Å². The third kappa shape index (κ3) is 7.92. The number of aliphatic imine (C=N–C) groups is 1. The van der Waals surface area contributed by atoms with E-state index >= 15 is 0 Å². The largest absolute Gasteiger partial charge is 0.508 e. The molecule has 1 fully saturated rings. The van der Waals surface area contributed by atoms with Crippen LogP contribution in [0.4, 0.5) is 0 Å². The van der Waals surface area contributed by atoms with Crippen LogP contribution >= 0.6 is 0 Å². The smallest absolute Gasteiger partial charge is 0.251 e. The van der Waals surface area contributed by atoms with Gasteiger partial charge in [-0.1, -0.05) is 60.7 Å². The van der Waals surface area contributed by atoms with E-state index in [-0.39, 0.29) is 43.0 Å². The predicted octanol–water partition coefficient (Wildman–Crippen LogP) is 2.42. The molecule has 11 heteroatoms. The van der Waals surface area contributed by atoms with Gasteiger partial charge in [0.2, 0.25) is 11.8 Å². The molecule has 2 atom stereocenters. The molecule has 2 aromatic carbocycles. The van der Waals surface area contributed by atoms with Crippen molar-refractivity contribution in [2.45, 2.75) is 57.0 Å². The van der Waals surface area contributed by atoms with Gasteiger partial charge in [0.15, 0.2) is 5.03 Å². The maximum Gasteiger partial charge on any atom is 0.251 e. The molecular weight excluding hydrogens is 476 g/mol. The lowest BCUT2D eigenvalue weighted by Gasteiger charge is -2.35. The van der Waals surface area contributed by atoms with Crippen LogP contribution in [0.2, 0.25) is 0 Å². The van der Waals surface area contributed by atoms with Gasteiger partial charge in [-0.25, -0.2) is 15.1 Å². The Bertz CT molecular complexity index is 1090. The predicted molar refractivity (Wildman–Crippen MR) is 139 cm³/mol. The molecule has 1 aliphatic rings. The average molecular weight is 511 g/mol. The summed E-state index contributed by atoms with van der Waals surface area (Å²) in [5, 5.41) is 19.4. The van der Waals surface area contributed by atoms with Crippen molar-refractivity contribution in [2.75, 3.05) is 6.54 Å². The first kappa shape index (κ1) is 27.4. The Morgan fingerprint density at radius 1 is 1.11 bits per heavy atom. The standard InChI is InChI=1S/C26H34N6O5/c27-24(34)22(11-6-16-29-26(28)30-32(36)37)31(17-18-12-14-21(33)15-13-18)25(35)23(20-9-4-5-10-20)19-7-2-1-3-8-19/h1-3,7-8,12-15,20,22-23,33H,4-6,9-11,16-17H2,(H2,27,34)(H3,28,29,30)/t22-,23?/m1/s1. The number of aromatic hydroxyl groups is 1. The number of nitrogens with two attached hydrogens (primary N) is 2. The van der Waals surface area contributed by atoms with Crippen LogP contribution in [0.3, 0.4) is 0 Å². The number of amides is 2. The number of primary amides is 1. The van der Waals surface area contributed by atoms with E-state index in [4.69, 9.17) is 11.5 Å². The minimum Gasteiger partial charge on any atom is -0.508 e. The SMILES string of the molecule is NC(=O)[C@@H](CCCN=C(N)N[N+](=O)[O-])N(Cc1ccc(O)cc1)C(=O)C(c1ccccc1)C1CCCC1. The molecule has 0 bridgehead atoms. The van der Waals surface area contributed by atoms with Crippen LogP contribution in [0, 0.1) is 16.0 Å². The molecule has 3 rings (SSSR count). The van der Waals surface area contributed by atoms with Gasteiger partial charge in [-0.3, -0.25) is 9.59 Å². The molecule has 2 aromatic rings. The van der Waals surface area contributed by atoms with E-state index in [0.29, 0.717) is 6.42 Å². The highest BCUT2D eigenvalue weighted by atomic mass is 16.7. The minimum absolute atomic E-state index is 0.0972. The Kier molecular flexibility index (Phi) is 9.82. The van der Waals surface area contributed by atoms with Crippen molar-refractivity contribution < 1.29 is 19.7 Å². The molecule has 0 heterocycles. The first-order valence-corrected chi connectivity index (χ1v) is 12.4. The second-order valence-corrected chi connectivity index (χ2v) is 9.26. The summed E-state index contributed by atoms with van der Waals surface area (Å²) in [4.78, 5) is 42.8. The van der Waals surface area contributed by atoms with E-state index < -0.39 is 22.9 Å². The zero-order valence-corrected chi connectivity index (χ0v) is 20.7. The first-order chi connectivity index (χ1) is 17.8. The van der Waals surface area contributed by atoms with Crippen molar-refractivity contribution in [1.29, 1.82) is 0 Å². The van der Waals surface area contributed by atoms with Gasteiger partial charge < -0.3 is 21.5 Å². The number of guanidine groups is 1. The van der Waals surface area contributed by atoms with E-state index in [2.05, 4.69) is 4.99 Å². The van der Waals surface area contributed by atoms with Crippen molar-refractivity contribution in [1.82, 2.24) is 10.3 Å². The summed E-state index contributed by atoms with van der Waals surface area (Å²) < 4.78 is 0. The molecule has 1 aliphatic carbocycles. The van der Waals surface area contributed by atoms with Gasteiger partial charge in [0.1, 0.15) is 11.8 Å². The fraction of sp³-hybridized carbons (Fsp3) is 0.423. The lowest BCUT2D eigenvalue weighted by molar-refractivity contribution is -0.525. The molecular formula is C26H34N6O5. The molecule has 11 nitrogen and oxygen atoms in total. The van der Waals surface area contributed by atoms with E-state index in [1.807, 2.05) is 30.3 Å². The molecule has 198 valence electrons. The van der Waals surface area contributed by atoms with Gasteiger partial charge in [0.05, 0.1) is 5.92 Å². The summed E-state index contributed by atoms with van der Waals surface area (Å²) in [5.74, 6) is -1.33. The first-order valence-electron chi connectivity index (χ1n) is 12.4. The van der Waals surface area contributed by atoms with Crippen LogP contribution in [-0.2, 0) is 16.1 Å². The Balaban J connectivity index is 1.90. The highest BCUT2D eigenvalue weighted by Gasteiger charge is 2.38. The van der Waals surface area contributed by atoms with E-state index in [0.717, 1.165) is 36.8 Å². The number of nitrogens with one attached hydrogen (secondary N) is 1. The number of phenols is 1. The lowest BCUT2D eigenvalue weighted by Crippen LogP contribution is -2.50. The fourth-order valence-electron chi connectivity index (χ4n) is 4.95. The molecule has 0 spiro atoms. The van der Waals surface area contributed by atoms with Crippen molar-refractivity contribution in [3.8, 4) is 5.75 Å². The molecule has 1 unspecified atom stereocenters. The highest BCUT2D eigenvalue weighted by molar-refractivity contribution is 5.90. The summed E-state index contributed by atoms with van der Waals surface area (Å²) in [6.45, 7) is 0.249. The maximum atomic E-state index is 14.2. The number of hydrogen-bond acceptors (Lipinski definition) is 6. The molecule has 2 amide bonds. The van der Waals surface area contributed by atoms with Crippen molar-refractivity contribution in [3.05, 3.63) is 75.8 Å². The molecule has 37 heavy (non-hydrogen) atoms. The van der Waals surface area contributed by atoms with Gasteiger partial charge >= 0.3 is 0 Å². The number of nitro groups is 1. The molecule has 0 aliphatic heterocycles. The number of phenolic OH excluding ortho intramolecular Hbond substituents is 1. The van der Waals surface area contributed by atoms with Gasteiger partial charge in [-0.15, -0.1) is 0 Å².